The van der Waals surface area contributed by atoms with Gasteiger partial charge in [0, 0.05) is 24.0 Å². The zero-order valence-corrected chi connectivity index (χ0v) is 14.7. The Hall–Kier alpha value is -1.36. The molecule has 5 heteroatoms. The topological polar surface area (TPSA) is 47.6 Å². The van der Waals surface area contributed by atoms with Crippen LogP contribution in [0.4, 0.5) is 0 Å². The Balaban J connectivity index is 1.49. The van der Waals surface area contributed by atoms with E-state index in [-0.39, 0.29) is 5.91 Å². The second-order valence-electron chi connectivity index (χ2n) is 5.79. The van der Waals surface area contributed by atoms with Crippen molar-refractivity contribution in [2.45, 2.75) is 44.6 Å². The molecule has 1 aliphatic carbocycles. The van der Waals surface area contributed by atoms with E-state index >= 15 is 0 Å². The molecular weight excluding hydrogens is 310 g/mol. The number of amides is 1. The van der Waals surface area contributed by atoms with Crippen LogP contribution in [-0.4, -0.2) is 37.2 Å². The van der Waals surface area contributed by atoms with Crippen LogP contribution < -0.4 is 14.8 Å². The normalized spacial score (nSPS) is 15.2. The number of carbonyl (C=O) groups excluding carboxylic acids is 1. The van der Waals surface area contributed by atoms with Gasteiger partial charge in [0.2, 0.25) is 5.91 Å². The van der Waals surface area contributed by atoms with E-state index in [0.29, 0.717) is 19.1 Å². The van der Waals surface area contributed by atoms with Gasteiger partial charge in [0.05, 0.1) is 13.7 Å². The minimum atomic E-state index is 0.195. The second kappa shape index (κ2) is 10.4. The van der Waals surface area contributed by atoms with Gasteiger partial charge in [-0.15, -0.1) is 0 Å². The van der Waals surface area contributed by atoms with Crippen LogP contribution in [0.15, 0.2) is 24.3 Å². The largest absolute Gasteiger partial charge is 0.497 e. The van der Waals surface area contributed by atoms with Crippen LogP contribution >= 0.6 is 11.8 Å². The Morgan fingerprint density at radius 3 is 2.52 bits per heavy atom. The average Bonchev–Trinajstić information content (AvgIpc) is 2.59. The molecule has 1 aliphatic rings. The van der Waals surface area contributed by atoms with Crippen molar-refractivity contribution >= 4 is 17.7 Å². The molecule has 0 spiro atoms. The molecule has 23 heavy (non-hydrogen) atoms. The van der Waals surface area contributed by atoms with E-state index in [4.69, 9.17) is 9.47 Å². The van der Waals surface area contributed by atoms with Crippen molar-refractivity contribution in [1.82, 2.24) is 5.32 Å². The van der Waals surface area contributed by atoms with E-state index in [9.17, 15) is 4.79 Å². The molecule has 0 saturated heterocycles. The Kier molecular flexibility index (Phi) is 8.15. The second-order valence-corrected chi connectivity index (χ2v) is 7.01. The van der Waals surface area contributed by atoms with Crippen LogP contribution in [0.25, 0.3) is 0 Å². The van der Waals surface area contributed by atoms with Crippen LogP contribution in [0.1, 0.15) is 38.5 Å². The maximum Gasteiger partial charge on any atom is 0.221 e. The van der Waals surface area contributed by atoms with Gasteiger partial charge in [-0.05, 0) is 37.1 Å². The van der Waals surface area contributed by atoms with Gasteiger partial charge in [-0.1, -0.05) is 19.3 Å². The van der Waals surface area contributed by atoms with Crippen LogP contribution in [-0.2, 0) is 4.79 Å². The number of ether oxygens (including phenoxy) is 2. The standard InChI is InChI=1S/C18H27NO3S/c1-21-16-7-9-17(10-8-16)22-12-14-23-13-11-18(20)19-15-5-3-2-4-6-15/h7-10,15H,2-6,11-14H2,1H3,(H,19,20). The van der Waals surface area contributed by atoms with Crippen molar-refractivity contribution < 1.29 is 14.3 Å². The lowest BCUT2D eigenvalue weighted by atomic mass is 9.95. The molecule has 0 radical (unpaired) electrons. The van der Waals surface area contributed by atoms with Gasteiger partial charge in [0.1, 0.15) is 11.5 Å². The number of hydrogen-bond acceptors (Lipinski definition) is 4. The molecule has 0 atom stereocenters. The summed E-state index contributed by atoms with van der Waals surface area (Å²) in [4.78, 5) is 11.9. The summed E-state index contributed by atoms with van der Waals surface area (Å²) in [5.74, 6) is 3.62. The molecule has 2 rings (SSSR count). The minimum absolute atomic E-state index is 0.195. The highest BCUT2D eigenvalue weighted by molar-refractivity contribution is 7.99. The highest BCUT2D eigenvalue weighted by Gasteiger charge is 2.15. The van der Waals surface area contributed by atoms with Crippen molar-refractivity contribution in [1.29, 1.82) is 0 Å². The van der Waals surface area contributed by atoms with Gasteiger partial charge >= 0.3 is 0 Å². The molecule has 0 heterocycles. The number of nitrogens with one attached hydrogen (secondary N) is 1. The third-order valence-corrected chi connectivity index (χ3v) is 4.95. The van der Waals surface area contributed by atoms with E-state index in [2.05, 4.69) is 5.32 Å². The molecule has 1 amide bonds. The summed E-state index contributed by atoms with van der Waals surface area (Å²) >= 11 is 1.76. The number of rotatable bonds is 9. The minimum Gasteiger partial charge on any atom is -0.497 e. The van der Waals surface area contributed by atoms with E-state index in [0.717, 1.165) is 35.8 Å². The lowest BCUT2D eigenvalue weighted by Crippen LogP contribution is -2.36. The summed E-state index contributed by atoms with van der Waals surface area (Å²) in [6.45, 7) is 0.654. The molecule has 1 aromatic carbocycles. The highest BCUT2D eigenvalue weighted by atomic mass is 32.2. The molecule has 1 aromatic rings. The lowest BCUT2D eigenvalue weighted by Gasteiger charge is -2.22. The predicted molar refractivity (Wildman–Crippen MR) is 95.4 cm³/mol. The summed E-state index contributed by atoms with van der Waals surface area (Å²) < 4.78 is 10.8. The SMILES string of the molecule is COc1ccc(OCCSCCC(=O)NC2CCCCC2)cc1. The van der Waals surface area contributed by atoms with Gasteiger partial charge < -0.3 is 14.8 Å². The fourth-order valence-electron chi connectivity index (χ4n) is 2.70. The van der Waals surface area contributed by atoms with Gasteiger partial charge in [-0.3, -0.25) is 4.79 Å². The number of thioether (sulfide) groups is 1. The first kappa shape index (κ1) is 18.0. The van der Waals surface area contributed by atoms with Gasteiger partial charge in [0.15, 0.2) is 0 Å². The fourth-order valence-corrected chi connectivity index (χ4v) is 3.44. The zero-order chi connectivity index (χ0) is 16.3. The van der Waals surface area contributed by atoms with E-state index < -0.39 is 0 Å². The first-order valence-corrected chi connectivity index (χ1v) is 9.57. The van der Waals surface area contributed by atoms with Crippen molar-refractivity contribution in [2.75, 3.05) is 25.2 Å². The summed E-state index contributed by atoms with van der Waals surface area (Å²) in [6.07, 6.45) is 6.72. The molecule has 1 fully saturated rings. The molecule has 0 aliphatic heterocycles. The summed E-state index contributed by atoms with van der Waals surface area (Å²) in [6, 6.07) is 8.00. The molecule has 128 valence electrons. The number of methoxy groups -OCH3 is 1. The average molecular weight is 337 g/mol. The first-order valence-electron chi connectivity index (χ1n) is 8.42. The van der Waals surface area contributed by atoms with E-state index in [1.807, 2.05) is 24.3 Å². The Labute approximate surface area is 143 Å². The summed E-state index contributed by atoms with van der Waals surface area (Å²) in [5, 5.41) is 3.15. The van der Waals surface area contributed by atoms with Crippen LogP contribution in [0, 0.1) is 0 Å². The highest BCUT2D eigenvalue weighted by Crippen LogP contribution is 2.18. The van der Waals surface area contributed by atoms with Crippen LogP contribution in [0.3, 0.4) is 0 Å². The number of benzene rings is 1. The predicted octanol–water partition coefficient (Wildman–Crippen LogP) is 3.65. The fraction of sp³-hybridized carbons (Fsp3) is 0.611. The number of hydrogen-bond donors (Lipinski definition) is 1. The molecule has 4 nitrogen and oxygen atoms in total. The van der Waals surface area contributed by atoms with E-state index in [1.54, 1.807) is 18.9 Å². The Morgan fingerprint density at radius 1 is 1.13 bits per heavy atom. The Morgan fingerprint density at radius 2 is 1.83 bits per heavy atom. The summed E-state index contributed by atoms with van der Waals surface area (Å²) in [7, 11) is 1.65. The summed E-state index contributed by atoms with van der Waals surface area (Å²) in [5.41, 5.74) is 0. The van der Waals surface area contributed by atoms with Crippen LogP contribution in [0.5, 0.6) is 11.5 Å². The van der Waals surface area contributed by atoms with Crippen molar-refractivity contribution in [2.24, 2.45) is 0 Å². The molecule has 1 saturated carbocycles. The molecular formula is C18H27NO3S. The monoisotopic (exact) mass is 337 g/mol. The lowest BCUT2D eigenvalue weighted by molar-refractivity contribution is -0.121. The van der Waals surface area contributed by atoms with Crippen molar-refractivity contribution in [3.63, 3.8) is 0 Å². The molecule has 0 bridgehead atoms. The third-order valence-electron chi connectivity index (χ3n) is 4.00. The first-order chi connectivity index (χ1) is 11.3. The van der Waals surface area contributed by atoms with Crippen molar-refractivity contribution in [3.05, 3.63) is 24.3 Å². The maximum absolute atomic E-state index is 11.9. The number of carbonyl (C=O) groups is 1. The van der Waals surface area contributed by atoms with E-state index in [1.165, 1.54) is 19.3 Å². The van der Waals surface area contributed by atoms with Crippen molar-refractivity contribution in [3.8, 4) is 11.5 Å². The molecule has 0 aromatic heterocycles. The van der Waals surface area contributed by atoms with Crippen LogP contribution in [0.2, 0.25) is 0 Å². The molecule has 1 N–H and O–H groups in total. The quantitative estimate of drug-likeness (QED) is 0.699. The molecule has 0 unspecified atom stereocenters. The maximum atomic E-state index is 11.9. The zero-order valence-electron chi connectivity index (χ0n) is 13.9. The Bertz CT molecular complexity index is 458. The van der Waals surface area contributed by atoms with Gasteiger partial charge in [-0.25, -0.2) is 0 Å². The third kappa shape index (κ3) is 7.16. The van der Waals surface area contributed by atoms with Gasteiger partial charge in [-0.2, -0.15) is 11.8 Å². The van der Waals surface area contributed by atoms with Gasteiger partial charge in [0.25, 0.3) is 0 Å². The smallest absolute Gasteiger partial charge is 0.221 e.